The number of benzene rings is 2. The van der Waals surface area contributed by atoms with Crippen LogP contribution >= 0.6 is 0 Å². The van der Waals surface area contributed by atoms with Gasteiger partial charge in [-0.3, -0.25) is 9.59 Å². The van der Waals surface area contributed by atoms with Crippen LogP contribution in [-0.2, 0) is 19.6 Å². The van der Waals surface area contributed by atoms with Gasteiger partial charge in [0.05, 0.1) is 12.0 Å². The Kier molecular flexibility index (Phi) is 5.66. The van der Waals surface area contributed by atoms with Gasteiger partial charge in [0, 0.05) is 43.4 Å². The molecule has 9 heteroatoms. The number of nitrogens with zero attached hydrogens (tertiary/aromatic N) is 1. The number of anilines is 2. The summed E-state index contributed by atoms with van der Waals surface area (Å²) in [7, 11) is -2.26. The zero-order chi connectivity index (χ0) is 20.3. The molecule has 1 heterocycles. The first-order valence-corrected chi connectivity index (χ1v) is 10.1. The molecule has 1 unspecified atom stereocenters. The fourth-order valence-electron chi connectivity index (χ4n) is 3.02. The van der Waals surface area contributed by atoms with Crippen LogP contribution in [0.5, 0.6) is 5.75 Å². The van der Waals surface area contributed by atoms with Gasteiger partial charge in [0.25, 0.3) is 0 Å². The third-order valence-electron chi connectivity index (χ3n) is 4.30. The van der Waals surface area contributed by atoms with Gasteiger partial charge in [-0.25, -0.2) is 13.1 Å². The normalized spacial score (nSPS) is 16.9. The van der Waals surface area contributed by atoms with Gasteiger partial charge in [0.1, 0.15) is 5.75 Å². The molecule has 1 atom stereocenters. The van der Waals surface area contributed by atoms with Crippen molar-refractivity contribution < 1.29 is 22.7 Å². The number of amides is 2. The molecule has 2 aromatic rings. The van der Waals surface area contributed by atoms with Crippen molar-refractivity contribution in [2.45, 2.75) is 24.3 Å². The Labute approximate surface area is 163 Å². The van der Waals surface area contributed by atoms with Gasteiger partial charge >= 0.3 is 0 Å². The van der Waals surface area contributed by atoms with Crippen LogP contribution in [0.15, 0.2) is 53.4 Å². The number of hydrogen-bond acceptors (Lipinski definition) is 5. The SMILES string of the molecule is COc1cccc(N2CC(NS(=O)(=O)c3ccc(NC(C)=O)cc3)CC2=O)c1. The van der Waals surface area contributed by atoms with E-state index in [1.165, 1.54) is 36.1 Å². The van der Waals surface area contributed by atoms with Crippen molar-refractivity contribution >= 4 is 33.2 Å². The molecule has 2 amide bonds. The van der Waals surface area contributed by atoms with Crippen molar-refractivity contribution in [1.82, 2.24) is 4.72 Å². The number of nitrogens with one attached hydrogen (secondary N) is 2. The summed E-state index contributed by atoms with van der Waals surface area (Å²) < 4.78 is 33.0. The molecule has 3 rings (SSSR count). The van der Waals surface area contributed by atoms with E-state index in [-0.39, 0.29) is 29.7 Å². The first kappa shape index (κ1) is 19.8. The molecule has 0 radical (unpaired) electrons. The molecule has 1 fully saturated rings. The van der Waals surface area contributed by atoms with Gasteiger partial charge in [-0.2, -0.15) is 0 Å². The van der Waals surface area contributed by atoms with Gasteiger partial charge in [0.15, 0.2) is 0 Å². The molecular weight excluding hydrogens is 382 g/mol. The summed E-state index contributed by atoms with van der Waals surface area (Å²) in [6, 6.07) is 12.3. The molecule has 0 spiro atoms. The largest absolute Gasteiger partial charge is 0.497 e. The zero-order valence-electron chi connectivity index (χ0n) is 15.5. The molecule has 1 aliphatic rings. The Balaban J connectivity index is 1.71. The van der Waals surface area contributed by atoms with E-state index in [1.54, 1.807) is 31.4 Å². The smallest absolute Gasteiger partial charge is 0.240 e. The topological polar surface area (TPSA) is 105 Å². The van der Waals surface area contributed by atoms with Crippen LogP contribution in [0.3, 0.4) is 0 Å². The summed E-state index contributed by atoms with van der Waals surface area (Å²) in [6.07, 6.45) is 0.0699. The predicted octanol–water partition coefficient (Wildman–Crippen LogP) is 1.74. The average Bonchev–Trinajstić information content (AvgIpc) is 3.01. The summed E-state index contributed by atoms with van der Waals surface area (Å²) in [5.41, 5.74) is 1.16. The van der Waals surface area contributed by atoms with Crippen LogP contribution in [0.1, 0.15) is 13.3 Å². The van der Waals surface area contributed by atoms with E-state index in [9.17, 15) is 18.0 Å². The molecule has 0 aromatic heterocycles. The molecule has 0 bridgehead atoms. The highest BCUT2D eigenvalue weighted by molar-refractivity contribution is 7.89. The number of methoxy groups -OCH3 is 1. The summed E-state index contributed by atoms with van der Waals surface area (Å²) in [5, 5.41) is 2.58. The molecule has 2 aromatic carbocycles. The molecule has 0 saturated carbocycles. The Morgan fingerprint density at radius 1 is 1.18 bits per heavy atom. The minimum absolute atomic E-state index is 0.0638. The number of hydrogen-bond donors (Lipinski definition) is 2. The first-order valence-electron chi connectivity index (χ1n) is 8.63. The van der Waals surface area contributed by atoms with Crippen LogP contribution in [0.25, 0.3) is 0 Å². The molecule has 1 aliphatic heterocycles. The van der Waals surface area contributed by atoms with Crippen molar-refractivity contribution in [1.29, 1.82) is 0 Å². The van der Waals surface area contributed by atoms with Gasteiger partial charge < -0.3 is 15.0 Å². The van der Waals surface area contributed by atoms with Crippen molar-refractivity contribution in [3.8, 4) is 5.75 Å². The summed E-state index contributed by atoms with van der Waals surface area (Å²) in [4.78, 5) is 25.0. The lowest BCUT2D eigenvalue weighted by Gasteiger charge is -2.18. The van der Waals surface area contributed by atoms with E-state index in [2.05, 4.69) is 10.0 Å². The first-order chi connectivity index (χ1) is 13.3. The number of sulfonamides is 1. The average molecular weight is 403 g/mol. The minimum atomic E-state index is -3.80. The predicted molar refractivity (Wildman–Crippen MR) is 105 cm³/mol. The third kappa shape index (κ3) is 4.49. The molecule has 2 N–H and O–H groups in total. The molecule has 28 heavy (non-hydrogen) atoms. The Morgan fingerprint density at radius 3 is 2.54 bits per heavy atom. The maximum absolute atomic E-state index is 12.6. The number of rotatable bonds is 6. The lowest BCUT2D eigenvalue weighted by molar-refractivity contribution is -0.117. The lowest BCUT2D eigenvalue weighted by Crippen LogP contribution is -2.37. The van der Waals surface area contributed by atoms with E-state index in [1.807, 2.05) is 0 Å². The van der Waals surface area contributed by atoms with Crippen LogP contribution in [0.2, 0.25) is 0 Å². The highest BCUT2D eigenvalue weighted by atomic mass is 32.2. The Morgan fingerprint density at radius 2 is 1.89 bits per heavy atom. The second-order valence-electron chi connectivity index (χ2n) is 6.43. The van der Waals surface area contributed by atoms with E-state index in [0.29, 0.717) is 17.1 Å². The van der Waals surface area contributed by atoms with Crippen molar-refractivity contribution in [3.63, 3.8) is 0 Å². The highest BCUT2D eigenvalue weighted by Crippen LogP contribution is 2.26. The Bertz CT molecular complexity index is 989. The highest BCUT2D eigenvalue weighted by Gasteiger charge is 2.33. The van der Waals surface area contributed by atoms with Gasteiger partial charge in [-0.05, 0) is 36.4 Å². The summed E-state index contributed by atoms with van der Waals surface area (Å²) >= 11 is 0. The number of carbonyl (C=O) groups excluding carboxylic acids is 2. The fraction of sp³-hybridized carbons (Fsp3) is 0.263. The second-order valence-corrected chi connectivity index (χ2v) is 8.15. The maximum atomic E-state index is 12.6. The fourth-order valence-corrected chi connectivity index (χ4v) is 4.25. The van der Waals surface area contributed by atoms with Crippen LogP contribution < -0.4 is 19.7 Å². The summed E-state index contributed by atoms with van der Waals surface area (Å²) in [6.45, 7) is 1.60. The van der Waals surface area contributed by atoms with Crippen molar-refractivity contribution in [2.24, 2.45) is 0 Å². The van der Waals surface area contributed by atoms with Gasteiger partial charge in [-0.1, -0.05) is 6.07 Å². The lowest BCUT2D eigenvalue weighted by atomic mass is 10.3. The van der Waals surface area contributed by atoms with Crippen molar-refractivity contribution in [2.75, 3.05) is 23.9 Å². The summed E-state index contributed by atoms with van der Waals surface area (Å²) in [5.74, 6) is 0.214. The molecule has 148 valence electrons. The van der Waals surface area contributed by atoms with E-state index in [0.717, 1.165) is 0 Å². The molecule has 0 aliphatic carbocycles. The molecular formula is C19H21N3O5S. The van der Waals surface area contributed by atoms with E-state index < -0.39 is 16.1 Å². The van der Waals surface area contributed by atoms with Crippen LogP contribution in [0, 0.1) is 0 Å². The standard InChI is InChI=1S/C19H21N3O5S/c1-13(23)20-14-6-8-18(9-7-14)28(25,26)21-15-10-19(24)22(12-15)16-4-3-5-17(11-16)27-2/h3-9,11,15,21H,10,12H2,1-2H3,(H,20,23). The molecule has 8 nitrogen and oxygen atoms in total. The number of carbonyl (C=O) groups is 2. The van der Waals surface area contributed by atoms with Crippen molar-refractivity contribution in [3.05, 3.63) is 48.5 Å². The Hall–Kier alpha value is -2.91. The zero-order valence-corrected chi connectivity index (χ0v) is 16.3. The minimum Gasteiger partial charge on any atom is -0.497 e. The number of ether oxygens (including phenoxy) is 1. The monoisotopic (exact) mass is 403 g/mol. The third-order valence-corrected chi connectivity index (χ3v) is 5.83. The van der Waals surface area contributed by atoms with E-state index >= 15 is 0 Å². The quantitative estimate of drug-likeness (QED) is 0.764. The van der Waals surface area contributed by atoms with Crippen LogP contribution in [-0.4, -0.2) is 39.9 Å². The van der Waals surface area contributed by atoms with E-state index in [4.69, 9.17) is 4.74 Å². The maximum Gasteiger partial charge on any atom is 0.240 e. The van der Waals surface area contributed by atoms with Gasteiger partial charge in [0.2, 0.25) is 21.8 Å². The van der Waals surface area contributed by atoms with Gasteiger partial charge in [-0.15, -0.1) is 0 Å². The van der Waals surface area contributed by atoms with Crippen LogP contribution in [0.4, 0.5) is 11.4 Å². The second kappa shape index (κ2) is 7.99. The molecule has 1 saturated heterocycles.